The molecule has 1 fully saturated rings. The van der Waals surface area contributed by atoms with E-state index in [9.17, 15) is 40.5 Å². The molecule has 11 nitrogen and oxygen atoms in total. The van der Waals surface area contributed by atoms with Crippen molar-refractivity contribution in [3.05, 3.63) is 12.2 Å². The Labute approximate surface area is 576 Å². The highest BCUT2D eigenvalue weighted by Gasteiger charge is 2.44. The molecule has 0 radical (unpaired) electrons. The predicted molar refractivity (Wildman–Crippen MR) is 395 cm³/mol. The van der Waals surface area contributed by atoms with Crippen molar-refractivity contribution >= 4 is 5.91 Å². The maximum Gasteiger partial charge on any atom is 0.249 e. The van der Waals surface area contributed by atoms with Crippen LogP contribution in [0.4, 0.5) is 0 Å². The number of allylic oxidation sites excluding steroid dienone is 2. The van der Waals surface area contributed by atoms with Gasteiger partial charge in [-0.1, -0.05) is 411 Å². The van der Waals surface area contributed by atoms with Crippen LogP contribution in [0.15, 0.2) is 12.2 Å². The van der Waals surface area contributed by atoms with Gasteiger partial charge in [0.1, 0.15) is 36.6 Å². The molecular formula is C82H161NO10. The first-order valence-corrected chi connectivity index (χ1v) is 41.6. The monoisotopic (exact) mass is 1320 g/mol. The van der Waals surface area contributed by atoms with Crippen LogP contribution < -0.4 is 5.32 Å². The molecule has 9 unspecified atom stereocenters. The fraction of sp³-hybridized carbons (Fsp3) is 0.963. The number of carbonyl (C=O) groups excluding carboxylic acids is 1. The molecule has 0 saturated carbocycles. The second kappa shape index (κ2) is 70.7. The molecule has 0 aromatic rings. The summed E-state index contributed by atoms with van der Waals surface area (Å²) in [4.78, 5) is 13.3. The number of carbonyl (C=O) groups is 1. The molecule has 11 heteroatoms. The van der Waals surface area contributed by atoms with E-state index < -0.39 is 74.2 Å². The van der Waals surface area contributed by atoms with E-state index in [0.29, 0.717) is 19.3 Å². The zero-order chi connectivity index (χ0) is 67.4. The Morgan fingerprint density at radius 2 is 0.624 bits per heavy atom. The molecular weight excluding hydrogens is 1160 g/mol. The lowest BCUT2D eigenvalue weighted by Crippen LogP contribution is -2.60. The Balaban J connectivity index is 2.10. The van der Waals surface area contributed by atoms with Crippen molar-refractivity contribution in [2.24, 2.45) is 0 Å². The first kappa shape index (κ1) is 89.9. The topological polar surface area (TPSA) is 189 Å². The Morgan fingerprint density at radius 1 is 0.366 bits per heavy atom. The number of hydrogen-bond donors (Lipinski definition) is 8. The van der Waals surface area contributed by atoms with E-state index >= 15 is 0 Å². The highest BCUT2D eigenvalue weighted by molar-refractivity contribution is 5.80. The Morgan fingerprint density at radius 3 is 0.903 bits per heavy atom. The molecule has 0 aliphatic carbocycles. The average Bonchev–Trinajstić information content (AvgIpc) is 1.03. The SMILES string of the molecule is CCCCCCCCCCCCCCCCCCCC/C=C\CCCCCCCCCCCCCCCCCCC(O)C(=O)NC(COC1OC(CO)C(O)C(O)C1O)C(O)C(O)CCCCCCCCCCCCCCCCCCCCCCCCCCCCCC. The molecule has 0 bridgehead atoms. The van der Waals surface area contributed by atoms with Gasteiger partial charge < -0.3 is 50.5 Å². The van der Waals surface area contributed by atoms with Gasteiger partial charge in [0.25, 0.3) is 0 Å². The lowest BCUT2D eigenvalue weighted by Gasteiger charge is -2.40. The van der Waals surface area contributed by atoms with Gasteiger partial charge in [-0.3, -0.25) is 4.79 Å². The van der Waals surface area contributed by atoms with E-state index in [1.807, 2.05) is 0 Å². The van der Waals surface area contributed by atoms with Crippen LogP contribution in [-0.4, -0.2) is 110 Å². The molecule has 554 valence electrons. The number of aliphatic hydroxyl groups is 7. The van der Waals surface area contributed by atoms with Crippen LogP contribution in [0.3, 0.4) is 0 Å². The number of hydrogen-bond acceptors (Lipinski definition) is 10. The first-order valence-electron chi connectivity index (χ1n) is 41.6. The van der Waals surface area contributed by atoms with Crippen LogP contribution in [-0.2, 0) is 14.3 Å². The molecule has 1 rings (SSSR count). The molecule has 8 N–H and O–H groups in total. The summed E-state index contributed by atoms with van der Waals surface area (Å²) in [5, 5.41) is 76.8. The normalized spacial score (nSPS) is 18.2. The van der Waals surface area contributed by atoms with Crippen molar-refractivity contribution in [1.29, 1.82) is 0 Å². The fourth-order valence-electron chi connectivity index (χ4n) is 14.0. The number of rotatable bonds is 75. The molecule has 1 aliphatic rings. The highest BCUT2D eigenvalue weighted by Crippen LogP contribution is 2.25. The number of ether oxygens (including phenoxy) is 2. The summed E-state index contributed by atoms with van der Waals surface area (Å²) in [5.74, 6) is -0.687. The van der Waals surface area contributed by atoms with Gasteiger partial charge in [0.15, 0.2) is 6.29 Å². The van der Waals surface area contributed by atoms with Crippen molar-refractivity contribution in [3.8, 4) is 0 Å². The highest BCUT2D eigenvalue weighted by atomic mass is 16.7. The standard InChI is InChI=1S/C82H161NO10/c1-3-5-7-9-11-13-15-17-19-21-23-25-27-29-31-33-34-35-36-37-38-39-40-41-42-44-46-48-50-52-54-56-58-60-62-64-66-68-70-75(86)81(91)83-73(72-92-82-80(90)79(89)78(88)76(71-84)93-82)77(87)74(85)69-67-65-63-61-59-57-55-53-51-49-47-45-43-32-30-28-26-24-22-20-18-16-14-12-10-8-6-4-2/h37-38,73-80,82,84-90H,3-36,39-72H2,1-2H3,(H,83,91)/b38-37-. The van der Waals surface area contributed by atoms with Crippen molar-refractivity contribution in [2.75, 3.05) is 13.2 Å². The van der Waals surface area contributed by atoms with Gasteiger partial charge >= 0.3 is 0 Å². The average molecular weight is 1320 g/mol. The minimum Gasteiger partial charge on any atom is -0.394 e. The lowest BCUT2D eigenvalue weighted by molar-refractivity contribution is -0.303. The summed E-state index contributed by atoms with van der Waals surface area (Å²) in [5.41, 5.74) is 0. The van der Waals surface area contributed by atoms with Gasteiger partial charge in [0.2, 0.25) is 5.91 Å². The number of aliphatic hydroxyl groups excluding tert-OH is 7. The molecule has 93 heavy (non-hydrogen) atoms. The summed E-state index contributed by atoms with van der Waals surface area (Å²) in [6.45, 7) is 3.54. The molecule has 1 saturated heterocycles. The van der Waals surface area contributed by atoms with Crippen LogP contribution in [0.1, 0.15) is 438 Å². The molecule has 9 atom stereocenters. The van der Waals surface area contributed by atoms with E-state index in [2.05, 4.69) is 31.3 Å². The summed E-state index contributed by atoms with van der Waals surface area (Å²) in [6, 6.07) is -1.17. The van der Waals surface area contributed by atoms with Crippen LogP contribution in [0.2, 0.25) is 0 Å². The van der Waals surface area contributed by atoms with E-state index in [4.69, 9.17) is 9.47 Å². The van der Waals surface area contributed by atoms with Crippen molar-refractivity contribution < 1.29 is 50.0 Å². The summed E-state index contributed by atoms with van der Waals surface area (Å²) in [7, 11) is 0. The summed E-state index contributed by atoms with van der Waals surface area (Å²) < 4.78 is 11.2. The largest absolute Gasteiger partial charge is 0.394 e. The summed E-state index contributed by atoms with van der Waals surface area (Å²) >= 11 is 0. The third-order valence-corrected chi connectivity index (χ3v) is 20.6. The minimum absolute atomic E-state index is 0.265. The fourth-order valence-corrected chi connectivity index (χ4v) is 14.0. The van der Waals surface area contributed by atoms with Crippen LogP contribution in [0.25, 0.3) is 0 Å². The lowest BCUT2D eigenvalue weighted by atomic mass is 9.98. The van der Waals surface area contributed by atoms with Gasteiger partial charge in [-0.25, -0.2) is 0 Å². The van der Waals surface area contributed by atoms with E-state index in [0.717, 1.165) is 38.5 Å². The maximum atomic E-state index is 13.3. The smallest absolute Gasteiger partial charge is 0.249 e. The molecule has 0 aromatic heterocycles. The van der Waals surface area contributed by atoms with Crippen molar-refractivity contribution in [3.63, 3.8) is 0 Å². The second-order valence-electron chi connectivity index (χ2n) is 29.6. The molecule has 0 aromatic carbocycles. The van der Waals surface area contributed by atoms with E-state index in [-0.39, 0.29) is 6.42 Å². The summed E-state index contributed by atoms with van der Waals surface area (Å²) in [6.07, 6.45) is 79.1. The quantitative estimate of drug-likeness (QED) is 0.0215. The molecule has 1 aliphatic heterocycles. The number of nitrogens with one attached hydrogen (secondary N) is 1. The van der Waals surface area contributed by atoms with Crippen molar-refractivity contribution in [1.82, 2.24) is 5.32 Å². The van der Waals surface area contributed by atoms with Gasteiger partial charge in [-0.15, -0.1) is 0 Å². The maximum absolute atomic E-state index is 13.3. The van der Waals surface area contributed by atoms with Gasteiger partial charge in [-0.2, -0.15) is 0 Å². The van der Waals surface area contributed by atoms with Gasteiger partial charge in [-0.05, 0) is 38.5 Å². The van der Waals surface area contributed by atoms with Crippen LogP contribution in [0, 0.1) is 0 Å². The molecule has 1 heterocycles. The third-order valence-electron chi connectivity index (χ3n) is 20.6. The molecule has 1 amide bonds. The number of unbranched alkanes of at least 4 members (excludes halogenated alkanes) is 61. The minimum atomic E-state index is -1.66. The zero-order valence-corrected chi connectivity index (χ0v) is 61.8. The second-order valence-corrected chi connectivity index (χ2v) is 29.6. The zero-order valence-electron chi connectivity index (χ0n) is 61.8. The van der Waals surface area contributed by atoms with E-state index in [1.165, 1.54) is 360 Å². The van der Waals surface area contributed by atoms with E-state index in [1.54, 1.807) is 0 Å². The Kier molecular flexibility index (Phi) is 68.3. The Bertz CT molecular complexity index is 1520. The number of amides is 1. The molecule has 0 spiro atoms. The van der Waals surface area contributed by atoms with Crippen molar-refractivity contribution in [2.45, 2.75) is 493 Å². The predicted octanol–water partition coefficient (Wildman–Crippen LogP) is 21.7. The third kappa shape index (κ3) is 57.3. The van der Waals surface area contributed by atoms with Crippen LogP contribution >= 0.6 is 0 Å². The Hall–Kier alpha value is -1.15. The van der Waals surface area contributed by atoms with Gasteiger partial charge in [0, 0.05) is 0 Å². The van der Waals surface area contributed by atoms with Crippen LogP contribution in [0.5, 0.6) is 0 Å². The van der Waals surface area contributed by atoms with Gasteiger partial charge in [0.05, 0.1) is 25.4 Å². The first-order chi connectivity index (χ1) is 45.7.